The predicted molar refractivity (Wildman–Crippen MR) is 127 cm³/mol. The summed E-state index contributed by atoms with van der Waals surface area (Å²) < 4.78 is 1.17. The molecule has 0 radical (unpaired) electrons. The van der Waals surface area contributed by atoms with Crippen molar-refractivity contribution in [2.75, 3.05) is 37.6 Å². The molecule has 0 atom stereocenters. The van der Waals surface area contributed by atoms with Crippen LogP contribution in [0.25, 0.3) is 11.0 Å². The molecule has 1 aliphatic rings. The van der Waals surface area contributed by atoms with E-state index in [0.29, 0.717) is 36.4 Å². The van der Waals surface area contributed by atoms with Gasteiger partial charge in [-0.25, -0.2) is 14.8 Å². The molecule has 10 nitrogen and oxygen atoms in total. The molecule has 0 unspecified atom stereocenters. The maximum Gasteiger partial charge on any atom is 0.329 e. The summed E-state index contributed by atoms with van der Waals surface area (Å²) in [5.74, 6) is -0.158. The number of pyridine rings is 2. The third-order valence-corrected chi connectivity index (χ3v) is 5.94. The number of amides is 1. The summed E-state index contributed by atoms with van der Waals surface area (Å²) >= 11 is 0. The Balaban J connectivity index is 1.42. The van der Waals surface area contributed by atoms with E-state index in [1.807, 2.05) is 26.0 Å². The van der Waals surface area contributed by atoms with Crippen LogP contribution in [0.1, 0.15) is 35.7 Å². The van der Waals surface area contributed by atoms with Crippen LogP contribution in [-0.2, 0) is 13.1 Å². The van der Waals surface area contributed by atoms with Gasteiger partial charge in [-0.3, -0.25) is 24.0 Å². The van der Waals surface area contributed by atoms with Crippen molar-refractivity contribution in [2.24, 2.45) is 0 Å². The first-order chi connectivity index (χ1) is 15.9. The van der Waals surface area contributed by atoms with Gasteiger partial charge in [-0.2, -0.15) is 0 Å². The van der Waals surface area contributed by atoms with Crippen molar-refractivity contribution in [1.29, 1.82) is 0 Å². The van der Waals surface area contributed by atoms with E-state index in [2.05, 4.69) is 30.1 Å². The van der Waals surface area contributed by atoms with Crippen LogP contribution in [0.5, 0.6) is 0 Å². The number of fused-ring (bicyclic) bond motifs is 1. The molecule has 3 aromatic rings. The Kier molecular flexibility index (Phi) is 6.55. The minimum atomic E-state index is -0.435. The molecule has 1 aliphatic heterocycles. The second-order valence-corrected chi connectivity index (χ2v) is 8.10. The molecule has 0 bridgehead atoms. The number of aromatic amines is 1. The number of aromatic nitrogens is 4. The highest BCUT2D eigenvalue weighted by Gasteiger charge is 2.20. The minimum Gasteiger partial charge on any atom is -0.368 e. The smallest absolute Gasteiger partial charge is 0.329 e. The summed E-state index contributed by atoms with van der Waals surface area (Å²) in [7, 11) is 0. The van der Waals surface area contributed by atoms with Crippen LogP contribution in [0.4, 0.5) is 5.69 Å². The molecule has 4 rings (SSSR count). The molecule has 10 heteroatoms. The summed E-state index contributed by atoms with van der Waals surface area (Å²) in [6, 6.07) is 7.32. The Hall–Kier alpha value is -3.53. The Labute approximate surface area is 191 Å². The molecular weight excluding hydrogens is 422 g/mol. The first-order valence-corrected chi connectivity index (χ1v) is 11.3. The van der Waals surface area contributed by atoms with Crippen molar-refractivity contribution < 1.29 is 4.79 Å². The van der Waals surface area contributed by atoms with Crippen molar-refractivity contribution in [3.63, 3.8) is 0 Å². The largest absolute Gasteiger partial charge is 0.368 e. The van der Waals surface area contributed by atoms with E-state index >= 15 is 0 Å². The molecule has 33 heavy (non-hydrogen) atoms. The van der Waals surface area contributed by atoms with E-state index < -0.39 is 5.69 Å². The fraction of sp³-hybridized carbons (Fsp3) is 0.435. The van der Waals surface area contributed by atoms with Crippen LogP contribution < -0.4 is 21.5 Å². The Morgan fingerprint density at radius 3 is 2.48 bits per heavy atom. The Morgan fingerprint density at radius 2 is 1.82 bits per heavy atom. The molecule has 0 aromatic carbocycles. The molecule has 1 saturated heterocycles. The van der Waals surface area contributed by atoms with Gasteiger partial charge in [-0.15, -0.1) is 0 Å². The number of hydrogen-bond donors (Lipinski definition) is 2. The second-order valence-electron chi connectivity index (χ2n) is 8.10. The summed E-state index contributed by atoms with van der Waals surface area (Å²) in [4.78, 5) is 52.8. The van der Waals surface area contributed by atoms with E-state index in [4.69, 9.17) is 0 Å². The summed E-state index contributed by atoms with van der Waals surface area (Å²) in [5, 5.41) is 3.19. The number of H-pyrrole nitrogens is 1. The van der Waals surface area contributed by atoms with Gasteiger partial charge >= 0.3 is 5.69 Å². The van der Waals surface area contributed by atoms with E-state index in [0.717, 1.165) is 43.3 Å². The Bertz CT molecular complexity index is 1290. The third-order valence-electron chi connectivity index (χ3n) is 5.94. The first-order valence-electron chi connectivity index (χ1n) is 11.3. The Morgan fingerprint density at radius 1 is 1.06 bits per heavy atom. The number of piperazine rings is 1. The highest BCUT2D eigenvalue weighted by atomic mass is 16.2. The van der Waals surface area contributed by atoms with Gasteiger partial charge in [0, 0.05) is 45.8 Å². The maximum absolute atomic E-state index is 12.4. The molecule has 3 aromatic heterocycles. The molecule has 2 N–H and O–H groups in total. The maximum atomic E-state index is 12.4. The molecule has 174 valence electrons. The molecule has 1 amide bonds. The van der Waals surface area contributed by atoms with Crippen molar-refractivity contribution in [2.45, 2.75) is 33.9 Å². The lowest BCUT2D eigenvalue weighted by molar-refractivity contribution is 0.0950. The molecule has 0 spiro atoms. The van der Waals surface area contributed by atoms with Crippen molar-refractivity contribution in [3.05, 3.63) is 62.2 Å². The van der Waals surface area contributed by atoms with Crippen LogP contribution in [0, 0.1) is 6.92 Å². The van der Waals surface area contributed by atoms with Gasteiger partial charge in [0.15, 0.2) is 0 Å². The van der Waals surface area contributed by atoms with E-state index in [9.17, 15) is 14.4 Å². The summed E-state index contributed by atoms with van der Waals surface area (Å²) in [5.41, 5.74) is 2.70. The summed E-state index contributed by atoms with van der Waals surface area (Å²) in [6.07, 6.45) is 0. The summed E-state index contributed by atoms with van der Waals surface area (Å²) in [6.45, 7) is 10.4. The average Bonchev–Trinajstić information content (AvgIpc) is 2.80. The zero-order valence-corrected chi connectivity index (χ0v) is 19.2. The lowest BCUT2D eigenvalue weighted by Crippen LogP contribution is -2.46. The van der Waals surface area contributed by atoms with Crippen LogP contribution in [0.3, 0.4) is 0 Å². The van der Waals surface area contributed by atoms with Gasteiger partial charge in [0.1, 0.15) is 11.3 Å². The molecule has 1 fully saturated rings. The second kappa shape index (κ2) is 9.53. The van der Waals surface area contributed by atoms with Crippen molar-refractivity contribution >= 4 is 22.6 Å². The quantitative estimate of drug-likeness (QED) is 0.571. The van der Waals surface area contributed by atoms with E-state index in [-0.39, 0.29) is 11.5 Å². The van der Waals surface area contributed by atoms with Gasteiger partial charge in [0.25, 0.3) is 11.5 Å². The van der Waals surface area contributed by atoms with E-state index in [1.165, 1.54) is 4.57 Å². The number of anilines is 1. The van der Waals surface area contributed by atoms with Gasteiger partial charge in [0.05, 0.1) is 22.5 Å². The lowest BCUT2D eigenvalue weighted by atomic mass is 10.2. The third kappa shape index (κ3) is 4.65. The molecular formula is C23H29N7O3. The fourth-order valence-electron chi connectivity index (χ4n) is 4.19. The zero-order valence-electron chi connectivity index (χ0n) is 19.2. The van der Waals surface area contributed by atoms with Crippen LogP contribution in [-0.4, -0.2) is 63.0 Å². The minimum absolute atomic E-state index is 0.158. The van der Waals surface area contributed by atoms with Crippen LogP contribution in [0.15, 0.2) is 33.9 Å². The highest BCUT2D eigenvalue weighted by Crippen LogP contribution is 2.21. The average molecular weight is 452 g/mol. The number of hydrogen-bond acceptors (Lipinski definition) is 7. The fourth-order valence-corrected chi connectivity index (χ4v) is 4.19. The highest BCUT2D eigenvalue weighted by molar-refractivity contribution is 5.92. The first kappa shape index (κ1) is 22.7. The number of nitrogens with one attached hydrogen (secondary N) is 2. The van der Waals surface area contributed by atoms with Crippen LogP contribution >= 0.6 is 0 Å². The van der Waals surface area contributed by atoms with Crippen molar-refractivity contribution in [3.8, 4) is 0 Å². The lowest BCUT2D eigenvalue weighted by Gasteiger charge is -2.36. The van der Waals surface area contributed by atoms with Crippen molar-refractivity contribution in [1.82, 2.24) is 29.7 Å². The number of rotatable bonds is 6. The molecule has 0 aliphatic carbocycles. The van der Waals surface area contributed by atoms with Gasteiger partial charge in [-0.05, 0) is 45.0 Å². The standard InChI is InChI=1S/C23H29N7O3/c1-4-24-21(31)18-8-9-19(15(3)25-18)29-12-10-28(11-13-29)14-16-6-7-17-20(26-16)27-23(33)30(5-2)22(17)32/h6-9H,4-5,10-14H2,1-3H3,(H,24,31)(H,26,27,33). The normalized spacial score (nSPS) is 14.6. The van der Waals surface area contributed by atoms with Gasteiger partial charge in [-0.1, -0.05) is 0 Å². The molecule has 0 saturated carbocycles. The SMILES string of the molecule is CCNC(=O)c1ccc(N2CCN(Cc3ccc4c(=O)n(CC)c(=O)[nH]c4n3)CC2)c(C)n1. The monoisotopic (exact) mass is 451 g/mol. The number of carbonyl (C=O) groups excluding carboxylic acids is 1. The van der Waals surface area contributed by atoms with Crippen LogP contribution in [0.2, 0.25) is 0 Å². The topological polar surface area (TPSA) is 116 Å². The molecule has 4 heterocycles. The zero-order chi connectivity index (χ0) is 23.5. The van der Waals surface area contributed by atoms with Gasteiger partial charge < -0.3 is 10.2 Å². The number of carbonyl (C=O) groups is 1. The van der Waals surface area contributed by atoms with E-state index in [1.54, 1.807) is 19.1 Å². The predicted octanol–water partition coefficient (Wildman–Crippen LogP) is 0.880. The van der Waals surface area contributed by atoms with Gasteiger partial charge in [0.2, 0.25) is 0 Å². The number of aryl methyl sites for hydroxylation is 1. The number of nitrogens with zero attached hydrogens (tertiary/aromatic N) is 5.